The first-order valence-electron chi connectivity index (χ1n) is 9.24. The fraction of sp³-hybridized carbons (Fsp3) is 0.0870. The summed E-state index contributed by atoms with van der Waals surface area (Å²) in [5, 5.41) is 1.15. The van der Waals surface area contributed by atoms with E-state index in [2.05, 4.69) is 4.98 Å². The van der Waals surface area contributed by atoms with Gasteiger partial charge in [0.1, 0.15) is 0 Å². The maximum Gasteiger partial charge on any atom is 0.177 e. The van der Waals surface area contributed by atoms with Gasteiger partial charge in [0.05, 0.1) is 15.3 Å². The largest absolute Gasteiger partial charge is 0.255 e. The number of hydrogen-bond donors (Lipinski definition) is 0. The Morgan fingerprint density at radius 3 is 2.16 bits per heavy atom. The highest BCUT2D eigenvalue weighted by atomic mass is 35.5. The quantitative estimate of drug-likeness (QED) is 0.417. The van der Waals surface area contributed by atoms with Crippen molar-refractivity contribution in [3.63, 3.8) is 0 Å². The Balaban J connectivity index is 1.95. The molecule has 1 aromatic heterocycles. The molecule has 31 heavy (non-hydrogen) atoms. The average molecular weight is 472 g/mol. The summed E-state index contributed by atoms with van der Waals surface area (Å²) in [6.45, 7) is 0. The zero-order chi connectivity index (χ0) is 22.4. The molecule has 0 saturated carbocycles. The van der Waals surface area contributed by atoms with E-state index in [9.17, 15) is 16.8 Å². The van der Waals surface area contributed by atoms with Gasteiger partial charge < -0.3 is 0 Å². The van der Waals surface area contributed by atoms with Gasteiger partial charge in [0, 0.05) is 34.7 Å². The Morgan fingerprint density at radius 2 is 1.45 bits per heavy atom. The van der Waals surface area contributed by atoms with Crippen LogP contribution in [0.1, 0.15) is 0 Å². The summed E-state index contributed by atoms with van der Waals surface area (Å²) in [6, 6.07) is 18.9. The van der Waals surface area contributed by atoms with E-state index < -0.39 is 19.7 Å². The van der Waals surface area contributed by atoms with Gasteiger partial charge in [0.15, 0.2) is 19.7 Å². The Labute approximate surface area is 186 Å². The van der Waals surface area contributed by atoms with Crippen LogP contribution in [0.2, 0.25) is 5.02 Å². The molecule has 0 unspecified atom stereocenters. The van der Waals surface area contributed by atoms with Gasteiger partial charge in [-0.25, -0.2) is 16.8 Å². The molecular weight excluding hydrogens is 454 g/mol. The van der Waals surface area contributed by atoms with Crippen molar-refractivity contribution in [2.24, 2.45) is 0 Å². The van der Waals surface area contributed by atoms with E-state index in [4.69, 9.17) is 11.6 Å². The van der Waals surface area contributed by atoms with Crippen LogP contribution in [0, 0.1) is 0 Å². The summed E-state index contributed by atoms with van der Waals surface area (Å²) in [4.78, 5) is 4.68. The first kappa shape index (κ1) is 21.5. The molecule has 0 fully saturated rings. The number of sulfone groups is 2. The molecule has 3 aromatic carbocycles. The van der Waals surface area contributed by atoms with E-state index in [1.807, 2.05) is 18.2 Å². The third kappa shape index (κ3) is 4.21. The van der Waals surface area contributed by atoms with Crippen molar-refractivity contribution in [3.8, 4) is 22.3 Å². The highest BCUT2D eigenvalue weighted by molar-refractivity contribution is 7.91. The first-order valence-corrected chi connectivity index (χ1v) is 13.4. The number of hydrogen-bond acceptors (Lipinski definition) is 5. The third-order valence-electron chi connectivity index (χ3n) is 4.99. The average Bonchev–Trinajstić information content (AvgIpc) is 2.72. The smallest absolute Gasteiger partial charge is 0.177 e. The van der Waals surface area contributed by atoms with Crippen molar-refractivity contribution in [3.05, 3.63) is 77.9 Å². The molecule has 0 bridgehead atoms. The molecule has 0 N–H and O–H groups in total. The number of rotatable bonds is 4. The van der Waals surface area contributed by atoms with Gasteiger partial charge in [0.2, 0.25) is 0 Å². The molecule has 5 nitrogen and oxygen atoms in total. The SMILES string of the molecule is CS(=O)(=O)c1cccc(-c2ccc(Cl)c(-c3ccnc4c(S(C)(=O)=O)cccc34)c2)c1. The highest BCUT2D eigenvalue weighted by Crippen LogP contribution is 2.37. The number of para-hydroxylation sites is 1. The summed E-state index contributed by atoms with van der Waals surface area (Å²) in [6.07, 6.45) is 3.88. The van der Waals surface area contributed by atoms with E-state index in [0.29, 0.717) is 21.5 Å². The number of halogens is 1. The lowest BCUT2D eigenvalue weighted by molar-refractivity contribution is 0.600. The Bertz CT molecular complexity index is 1550. The molecular formula is C23H18ClNO4S2. The Morgan fingerprint density at radius 1 is 0.742 bits per heavy atom. The topological polar surface area (TPSA) is 81.2 Å². The number of pyridine rings is 1. The highest BCUT2D eigenvalue weighted by Gasteiger charge is 2.17. The minimum atomic E-state index is -3.46. The van der Waals surface area contributed by atoms with Gasteiger partial charge in [-0.05, 0) is 53.1 Å². The normalized spacial score (nSPS) is 12.2. The minimum Gasteiger partial charge on any atom is -0.255 e. The lowest BCUT2D eigenvalue weighted by Gasteiger charge is -2.12. The Hall–Kier alpha value is -2.74. The third-order valence-corrected chi connectivity index (χ3v) is 7.55. The molecule has 0 aliphatic carbocycles. The molecule has 0 aliphatic heterocycles. The van der Waals surface area contributed by atoms with Crippen LogP contribution in [0.3, 0.4) is 0 Å². The summed E-state index contributed by atoms with van der Waals surface area (Å²) in [5.74, 6) is 0. The summed E-state index contributed by atoms with van der Waals surface area (Å²) in [7, 11) is -6.80. The van der Waals surface area contributed by atoms with Crippen LogP contribution in [0.5, 0.6) is 0 Å². The van der Waals surface area contributed by atoms with E-state index in [1.165, 1.54) is 12.3 Å². The second-order valence-corrected chi connectivity index (χ2v) is 11.7. The van der Waals surface area contributed by atoms with Crippen LogP contribution in [-0.2, 0) is 19.7 Å². The van der Waals surface area contributed by atoms with Gasteiger partial charge >= 0.3 is 0 Å². The summed E-state index contributed by atoms with van der Waals surface area (Å²) in [5.41, 5.74) is 3.33. The Kier molecular flexibility index (Phi) is 5.37. The molecule has 0 radical (unpaired) electrons. The lowest BCUT2D eigenvalue weighted by Crippen LogP contribution is -2.00. The molecule has 158 valence electrons. The van der Waals surface area contributed by atoms with Gasteiger partial charge in [-0.1, -0.05) is 41.9 Å². The van der Waals surface area contributed by atoms with Crippen molar-refractivity contribution in [2.75, 3.05) is 12.5 Å². The molecule has 4 rings (SSSR count). The first-order chi connectivity index (χ1) is 14.6. The van der Waals surface area contributed by atoms with Gasteiger partial charge in [-0.3, -0.25) is 4.98 Å². The van der Waals surface area contributed by atoms with Crippen LogP contribution >= 0.6 is 11.6 Å². The number of benzene rings is 3. The molecule has 0 atom stereocenters. The number of nitrogens with zero attached hydrogens (tertiary/aromatic N) is 1. The molecule has 1 heterocycles. The van der Waals surface area contributed by atoms with E-state index in [0.717, 1.165) is 22.9 Å². The monoisotopic (exact) mass is 471 g/mol. The predicted molar refractivity (Wildman–Crippen MR) is 124 cm³/mol. The lowest BCUT2D eigenvalue weighted by atomic mass is 9.97. The molecule has 8 heteroatoms. The summed E-state index contributed by atoms with van der Waals surface area (Å²) >= 11 is 6.52. The maximum absolute atomic E-state index is 12.2. The number of aromatic nitrogens is 1. The van der Waals surface area contributed by atoms with Crippen LogP contribution in [0.15, 0.2) is 82.7 Å². The second-order valence-electron chi connectivity index (χ2n) is 7.28. The fourth-order valence-electron chi connectivity index (χ4n) is 3.50. The van der Waals surface area contributed by atoms with Crippen molar-refractivity contribution in [1.82, 2.24) is 4.98 Å². The molecule has 4 aromatic rings. The standard InChI is InChI=1S/C23H18ClNO4S2/c1-30(26,27)17-6-3-5-15(13-17)16-9-10-21(24)20(14-16)18-11-12-25-23-19(18)7-4-8-22(23)31(2,28)29/h3-14H,1-2H3. The zero-order valence-electron chi connectivity index (χ0n) is 16.7. The maximum atomic E-state index is 12.2. The van der Waals surface area contributed by atoms with Gasteiger partial charge in [-0.15, -0.1) is 0 Å². The van der Waals surface area contributed by atoms with Gasteiger partial charge in [0.25, 0.3) is 0 Å². The van der Waals surface area contributed by atoms with Gasteiger partial charge in [-0.2, -0.15) is 0 Å². The zero-order valence-corrected chi connectivity index (χ0v) is 19.1. The molecule has 0 saturated heterocycles. The molecule has 0 amide bonds. The minimum absolute atomic E-state index is 0.153. The predicted octanol–water partition coefficient (Wildman–Crippen LogP) is 5.03. The summed E-state index contributed by atoms with van der Waals surface area (Å²) < 4.78 is 48.3. The van der Waals surface area contributed by atoms with Crippen molar-refractivity contribution < 1.29 is 16.8 Å². The fourth-order valence-corrected chi connectivity index (χ4v) is 5.23. The van der Waals surface area contributed by atoms with Crippen molar-refractivity contribution >= 4 is 42.2 Å². The van der Waals surface area contributed by atoms with Crippen molar-refractivity contribution in [2.45, 2.75) is 9.79 Å². The molecule has 0 aliphatic rings. The van der Waals surface area contributed by atoms with Crippen LogP contribution < -0.4 is 0 Å². The van der Waals surface area contributed by atoms with E-state index in [-0.39, 0.29) is 9.79 Å². The van der Waals surface area contributed by atoms with Crippen LogP contribution in [-0.4, -0.2) is 34.3 Å². The van der Waals surface area contributed by atoms with E-state index in [1.54, 1.807) is 48.7 Å². The van der Waals surface area contributed by atoms with Crippen LogP contribution in [0.4, 0.5) is 0 Å². The second kappa shape index (κ2) is 7.75. The van der Waals surface area contributed by atoms with Crippen LogP contribution in [0.25, 0.3) is 33.2 Å². The van der Waals surface area contributed by atoms with Crippen molar-refractivity contribution in [1.29, 1.82) is 0 Å². The van der Waals surface area contributed by atoms with E-state index >= 15 is 0 Å². The molecule has 0 spiro atoms. The number of fused-ring (bicyclic) bond motifs is 1.